The van der Waals surface area contributed by atoms with Crippen molar-refractivity contribution in [3.05, 3.63) is 69.6 Å². The van der Waals surface area contributed by atoms with Crippen LogP contribution in [0.2, 0.25) is 0 Å². The summed E-state index contributed by atoms with van der Waals surface area (Å²) in [7, 11) is 0. The average molecular weight is 487 g/mol. The number of ether oxygens (including phenoxy) is 1. The summed E-state index contributed by atoms with van der Waals surface area (Å²) in [6.07, 6.45) is 2.15. The molecule has 1 aromatic heterocycles. The monoisotopic (exact) mass is 486 g/mol. The second-order valence-electron chi connectivity index (χ2n) is 9.56. The lowest BCUT2D eigenvalue weighted by atomic mass is 9.92. The summed E-state index contributed by atoms with van der Waals surface area (Å²) in [4.78, 5) is 50.9. The number of hydrogen-bond acceptors (Lipinski definition) is 5. The summed E-state index contributed by atoms with van der Waals surface area (Å²) in [6, 6.07) is 10.2. The highest BCUT2D eigenvalue weighted by Crippen LogP contribution is 2.21. The number of benzene rings is 1. The number of hydrogen-bond donors (Lipinski definition) is 1. The molecule has 0 aliphatic rings. The Labute approximate surface area is 205 Å². The van der Waals surface area contributed by atoms with Crippen molar-refractivity contribution in [2.45, 2.75) is 78.0 Å². The number of nitrogens with one attached hydrogen (secondary N) is 1. The Morgan fingerprint density at radius 3 is 2.34 bits per heavy atom. The van der Waals surface area contributed by atoms with Crippen LogP contribution in [0.25, 0.3) is 0 Å². The van der Waals surface area contributed by atoms with Crippen molar-refractivity contribution in [2.75, 3.05) is 6.67 Å². The molecule has 0 bridgehead atoms. The zero-order valence-corrected chi connectivity index (χ0v) is 21.1. The van der Waals surface area contributed by atoms with Crippen molar-refractivity contribution in [2.24, 2.45) is 0 Å². The second-order valence-corrected chi connectivity index (χ2v) is 9.56. The molecule has 2 rings (SSSR count). The van der Waals surface area contributed by atoms with Crippen LogP contribution in [0.15, 0.2) is 47.4 Å². The minimum absolute atomic E-state index is 0.285. The fourth-order valence-corrected chi connectivity index (χ4v) is 3.86. The van der Waals surface area contributed by atoms with Crippen LogP contribution >= 0.6 is 0 Å². The van der Waals surface area contributed by atoms with Crippen molar-refractivity contribution < 1.29 is 23.5 Å². The van der Waals surface area contributed by atoms with Crippen molar-refractivity contribution in [3.63, 3.8) is 0 Å². The molecule has 7 nitrogen and oxygen atoms in total. The zero-order chi connectivity index (χ0) is 26.2. The Hall–Kier alpha value is -3.29. The van der Waals surface area contributed by atoms with Crippen molar-refractivity contribution in [1.82, 2.24) is 9.88 Å². The molecular weight excluding hydrogens is 451 g/mol. The van der Waals surface area contributed by atoms with Crippen LogP contribution in [-0.4, -0.2) is 40.5 Å². The number of alkyl halides is 1. The largest absolute Gasteiger partial charge is 0.460 e. The molecule has 1 heterocycles. The van der Waals surface area contributed by atoms with Crippen LogP contribution in [0, 0.1) is 6.92 Å². The summed E-state index contributed by atoms with van der Waals surface area (Å²) in [6.45, 7) is 7.62. The number of aromatic nitrogens is 1. The van der Waals surface area contributed by atoms with Gasteiger partial charge in [0, 0.05) is 18.3 Å². The maximum Gasteiger partial charge on any atom is 0.308 e. The number of nitrogens with zero attached hydrogens (tertiary/aromatic N) is 1. The van der Waals surface area contributed by atoms with Gasteiger partial charge in [-0.05, 0) is 57.7 Å². The predicted molar refractivity (Wildman–Crippen MR) is 132 cm³/mol. The van der Waals surface area contributed by atoms with Gasteiger partial charge in [-0.25, -0.2) is 4.39 Å². The van der Waals surface area contributed by atoms with Gasteiger partial charge >= 0.3 is 5.97 Å². The number of Topliss-reactive ketones (excluding diaryl/α,β-unsaturated/α-hetero) is 1. The van der Waals surface area contributed by atoms with Crippen LogP contribution in [0.5, 0.6) is 0 Å². The molecule has 0 saturated carbocycles. The van der Waals surface area contributed by atoms with Crippen molar-refractivity contribution in [3.8, 4) is 0 Å². The Kier molecular flexibility index (Phi) is 9.92. The van der Waals surface area contributed by atoms with E-state index in [0.29, 0.717) is 24.1 Å². The fourth-order valence-electron chi connectivity index (χ4n) is 3.86. The summed E-state index contributed by atoms with van der Waals surface area (Å²) >= 11 is 0. The Morgan fingerprint density at radius 2 is 1.77 bits per heavy atom. The summed E-state index contributed by atoms with van der Waals surface area (Å²) < 4.78 is 20.0. The topological polar surface area (TPSA) is 94.5 Å². The van der Waals surface area contributed by atoms with E-state index in [4.69, 9.17) is 4.74 Å². The lowest BCUT2D eigenvalue weighted by Gasteiger charge is -2.24. The molecule has 35 heavy (non-hydrogen) atoms. The van der Waals surface area contributed by atoms with E-state index in [-0.39, 0.29) is 12.0 Å². The molecule has 8 heteroatoms. The van der Waals surface area contributed by atoms with Gasteiger partial charge in [-0.1, -0.05) is 37.3 Å². The molecule has 0 aliphatic heterocycles. The number of amides is 1. The normalized spacial score (nSPS) is 13.1. The lowest BCUT2D eigenvalue weighted by Crippen LogP contribution is -2.46. The van der Waals surface area contributed by atoms with Gasteiger partial charge in [-0.3, -0.25) is 19.2 Å². The minimum atomic E-state index is -1.37. The van der Waals surface area contributed by atoms with E-state index >= 15 is 0 Å². The lowest BCUT2D eigenvalue weighted by molar-refractivity contribution is -0.156. The smallest absolute Gasteiger partial charge is 0.308 e. The maximum absolute atomic E-state index is 13.3. The second kappa shape index (κ2) is 12.4. The van der Waals surface area contributed by atoms with Crippen LogP contribution in [0.3, 0.4) is 0 Å². The molecule has 190 valence electrons. The van der Waals surface area contributed by atoms with E-state index in [0.717, 1.165) is 5.56 Å². The van der Waals surface area contributed by atoms with Gasteiger partial charge in [0.1, 0.15) is 18.3 Å². The number of carbonyl (C=O) groups excluding carboxylic acids is 3. The third-order valence-electron chi connectivity index (χ3n) is 5.61. The Morgan fingerprint density at radius 1 is 1.11 bits per heavy atom. The van der Waals surface area contributed by atoms with E-state index in [2.05, 4.69) is 5.32 Å². The van der Waals surface area contributed by atoms with Crippen LogP contribution in [0.1, 0.15) is 63.1 Å². The molecule has 2 atom stereocenters. The number of carbonyl (C=O) groups is 3. The van der Waals surface area contributed by atoms with Crippen molar-refractivity contribution >= 4 is 17.7 Å². The van der Waals surface area contributed by atoms with Gasteiger partial charge < -0.3 is 14.6 Å². The number of aryl methyl sites for hydroxylation is 3. The van der Waals surface area contributed by atoms with E-state index in [1.807, 2.05) is 30.3 Å². The van der Waals surface area contributed by atoms with E-state index < -0.39 is 48.3 Å². The van der Waals surface area contributed by atoms with Gasteiger partial charge in [0.2, 0.25) is 5.91 Å². The van der Waals surface area contributed by atoms with Crippen molar-refractivity contribution in [1.29, 1.82) is 0 Å². The van der Waals surface area contributed by atoms with Gasteiger partial charge in [0.05, 0.1) is 12.3 Å². The van der Waals surface area contributed by atoms with E-state index in [1.165, 1.54) is 0 Å². The van der Waals surface area contributed by atoms with E-state index in [1.54, 1.807) is 51.4 Å². The Balaban J connectivity index is 2.25. The fraction of sp³-hybridized carbons (Fsp3) is 0.481. The first-order valence-corrected chi connectivity index (χ1v) is 11.8. The zero-order valence-electron chi connectivity index (χ0n) is 21.1. The third kappa shape index (κ3) is 8.16. The first-order valence-electron chi connectivity index (χ1n) is 11.8. The molecular formula is C27H35FN2O5. The predicted octanol–water partition coefficient (Wildman–Crippen LogP) is 3.65. The number of pyridine rings is 1. The molecule has 1 amide bonds. The molecule has 2 aromatic rings. The highest BCUT2D eigenvalue weighted by atomic mass is 19.1. The highest BCUT2D eigenvalue weighted by molar-refractivity contribution is 5.94. The number of halogens is 1. The standard InChI is InChI=1S/C27H35FN2O5/c1-6-20(25(33)29-21(22(31)17-28)16-23(32)35-27(3,4)5)24-18(2)12-14-30(26(24)34)15-13-19-10-8-7-9-11-19/h7-12,14,20-21H,6,13,15-17H2,1-5H3,(H,29,33). The van der Waals surface area contributed by atoms with Gasteiger partial charge in [-0.2, -0.15) is 0 Å². The van der Waals surface area contributed by atoms with Gasteiger partial charge in [0.15, 0.2) is 5.78 Å². The maximum atomic E-state index is 13.3. The molecule has 0 aliphatic carbocycles. The van der Waals surface area contributed by atoms with Crippen LogP contribution in [0.4, 0.5) is 4.39 Å². The third-order valence-corrected chi connectivity index (χ3v) is 5.61. The summed E-state index contributed by atoms with van der Waals surface area (Å²) in [5, 5.41) is 2.49. The highest BCUT2D eigenvalue weighted by Gasteiger charge is 2.31. The number of esters is 1. The first-order chi connectivity index (χ1) is 16.5. The summed E-state index contributed by atoms with van der Waals surface area (Å²) in [5.74, 6) is -3.12. The Bertz CT molecular complexity index is 1090. The average Bonchev–Trinajstić information content (AvgIpc) is 2.79. The van der Waals surface area contributed by atoms with Gasteiger partial charge in [0.25, 0.3) is 5.56 Å². The summed E-state index contributed by atoms with van der Waals surface area (Å²) in [5.41, 5.74) is 0.977. The molecule has 0 saturated heterocycles. The SMILES string of the molecule is CCC(C(=O)NC(CC(=O)OC(C)(C)C)C(=O)CF)c1c(C)ccn(CCc2ccccc2)c1=O. The number of rotatable bonds is 11. The molecule has 0 spiro atoms. The number of ketones is 1. The molecule has 0 radical (unpaired) electrons. The molecule has 1 N–H and O–H groups in total. The van der Waals surface area contributed by atoms with Gasteiger partial charge in [-0.15, -0.1) is 0 Å². The van der Waals surface area contributed by atoms with Crippen LogP contribution < -0.4 is 10.9 Å². The quantitative estimate of drug-likeness (QED) is 0.490. The molecule has 2 unspecified atom stereocenters. The van der Waals surface area contributed by atoms with E-state index in [9.17, 15) is 23.6 Å². The molecule has 0 fully saturated rings. The van der Waals surface area contributed by atoms with Crippen LogP contribution in [-0.2, 0) is 32.1 Å². The molecule has 1 aromatic carbocycles. The first kappa shape index (κ1) is 28.0. The minimum Gasteiger partial charge on any atom is -0.460 e.